The van der Waals surface area contributed by atoms with Crippen molar-refractivity contribution in [3.05, 3.63) is 29.6 Å². The molecule has 1 aromatic rings. The van der Waals surface area contributed by atoms with Gasteiger partial charge < -0.3 is 15.8 Å². The summed E-state index contributed by atoms with van der Waals surface area (Å²) >= 11 is 4.76. The van der Waals surface area contributed by atoms with Crippen molar-refractivity contribution in [2.75, 3.05) is 18.5 Å². The van der Waals surface area contributed by atoms with Gasteiger partial charge in [0.15, 0.2) is 0 Å². The number of carbonyl (C=O) groups excluding carboxylic acids is 1. The van der Waals surface area contributed by atoms with Crippen LogP contribution in [0.5, 0.6) is 0 Å². The molecule has 4 nitrogen and oxygen atoms in total. The summed E-state index contributed by atoms with van der Waals surface area (Å²) in [6, 6.07) is 4.19. The third-order valence-corrected chi connectivity index (χ3v) is 3.31. The molecule has 0 saturated carbocycles. The number of nitrogens with two attached hydrogens (primary N) is 1. The average molecular weight is 282 g/mol. The molecule has 0 unspecified atom stereocenters. The highest BCUT2D eigenvalue weighted by atomic mass is 32.1. The number of anilines is 1. The Kier molecular flexibility index (Phi) is 4.44. The first-order valence-corrected chi connectivity index (χ1v) is 6.46. The van der Waals surface area contributed by atoms with E-state index in [2.05, 4.69) is 5.32 Å². The average Bonchev–Trinajstić information content (AvgIpc) is 2.41. The minimum Gasteiger partial charge on any atom is -0.389 e. The molecular weight excluding hydrogens is 267 g/mol. The summed E-state index contributed by atoms with van der Waals surface area (Å²) in [4.78, 5) is 12.0. The number of hydrogen-bond acceptors (Lipinski definition) is 3. The minimum absolute atomic E-state index is 0.0281. The van der Waals surface area contributed by atoms with Gasteiger partial charge in [-0.25, -0.2) is 4.39 Å². The van der Waals surface area contributed by atoms with Crippen LogP contribution in [0.1, 0.15) is 18.4 Å². The van der Waals surface area contributed by atoms with E-state index in [4.69, 9.17) is 22.7 Å². The van der Waals surface area contributed by atoms with Crippen molar-refractivity contribution in [1.82, 2.24) is 0 Å². The molecule has 2 rings (SSSR count). The van der Waals surface area contributed by atoms with Crippen LogP contribution in [0.3, 0.4) is 0 Å². The fourth-order valence-electron chi connectivity index (χ4n) is 2.00. The molecule has 102 valence electrons. The van der Waals surface area contributed by atoms with E-state index in [-0.39, 0.29) is 22.4 Å². The number of halogens is 1. The predicted molar refractivity (Wildman–Crippen MR) is 74.5 cm³/mol. The highest BCUT2D eigenvalue weighted by Crippen LogP contribution is 2.19. The zero-order chi connectivity index (χ0) is 13.8. The fourth-order valence-corrected chi connectivity index (χ4v) is 2.15. The third kappa shape index (κ3) is 3.48. The van der Waals surface area contributed by atoms with Gasteiger partial charge in [-0.3, -0.25) is 4.79 Å². The van der Waals surface area contributed by atoms with Gasteiger partial charge in [0.1, 0.15) is 10.8 Å². The summed E-state index contributed by atoms with van der Waals surface area (Å²) in [5.74, 6) is -0.632. The Morgan fingerprint density at radius 1 is 1.42 bits per heavy atom. The lowest BCUT2D eigenvalue weighted by atomic mass is 9.99. The van der Waals surface area contributed by atoms with Gasteiger partial charge in [0.2, 0.25) is 5.91 Å². The molecule has 0 radical (unpaired) electrons. The lowest BCUT2D eigenvalue weighted by molar-refractivity contribution is -0.122. The molecule has 1 saturated heterocycles. The molecule has 19 heavy (non-hydrogen) atoms. The van der Waals surface area contributed by atoms with Crippen molar-refractivity contribution in [1.29, 1.82) is 0 Å². The predicted octanol–water partition coefficient (Wildman–Crippen LogP) is 1.83. The van der Waals surface area contributed by atoms with E-state index in [1.54, 1.807) is 0 Å². The molecule has 1 aromatic carbocycles. The first-order valence-electron chi connectivity index (χ1n) is 6.06. The lowest BCUT2D eigenvalue weighted by Gasteiger charge is -2.21. The standard InChI is InChI=1S/C13H15FN2O2S/c14-11-2-1-9(7-10(11)12(15)19)16-13(17)8-3-5-18-6-4-8/h1-2,7-8H,3-6H2,(H2,15,19)(H,16,17). The summed E-state index contributed by atoms with van der Waals surface area (Å²) in [5, 5.41) is 2.76. The number of thiocarbonyl (C=S) groups is 1. The summed E-state index contributed by atoms with van der Waals surface area (Å²) in [6.07, 6.45) is 1.41. The summed E-state index contributed by atoms with van der Waals surface area (Å²) < 4.78 is 18.6. The van der Waals surface area contributed by atoms with Crippen LogP contribution < -0.4 is 11.1 Å². The molecule has 1 fully saturated rings. The number of rotatable bonds is 3. The van der Waals surface area contributed by atoms with Crippen LogP contribution in [-0.2, 0) is 9.53 Å². The van der Waals surface area contributed by atoms with Crippen molar-refractivity contribution < 1.29 is 13.9 Å². The Morgan fingerprint density at radius 3 is 2.74 bits per heavy atom. The Hall–Kier alpha value is -1.53. The largest absolute Gasteiger partial charge is 0.389 e. The number of carbonyl (C=O) groups is 1. The second kappa shape index (κ2) is 6.08. The molecule has 1 aliphatic rings. The highest BCUT2D eigenvalue weighted by molar-refractivity contribution is 7.80. The van der Waals surface area contributed by atoms with Gasteiger partial charge in [-0.2, -0.15) is 0 Å². The van der Waals surface area contributed by atoms with Crippen LogP contribution in [0.2, 0.25) is 0 Å². The monoisotopic (exact) mass is 282 g/mol. The molecule has 0 bridgehead atoms. The van der Waals surface area contributed by atoms with Crippen molar-refractivity contribution in [2.45, 2.75) is 12.8 Å². The topological polar surface area (TPSA) is 64.3 Å². The van der Waals surface area contributed by atoms with Crippen LogP contribution in [-0.4, -0.2) is 24.1 Å². The van der Waals surface area contributed by atoms with E-state index in [0.717, 1.165) is 0 Å². The van der Waals surface area contributed by atoms with Gasteiger partial charge in [-0.15, -0.1) is 0 Å². The Balaban J connectivity index is 2.08. The molecule has 6 heteroatoms. The van der Waals surface area contributed by atoms with E-state index >= 15 is 0 Å². The van der Waals surface area contributed by atoms with Crippen LogP contribution in [0, 0.1) is 11.7 Å². The molecule has 0 aromatic heterocycles. The van der Waals surface area contributed by atoms with E-state index < -0.39 is 5.82 Å². The second-order valence-corrected chi connectivity index (χ2v) is 4.87. The Morgan fingerprint density at radius 2 is 2.11 bits per heavy atom. The maximum absolute atomic E-state index is 13.4. The van der Waals surface area contributed by atoms with E-state index in [0.29, 0.717) is 31.7 Å². The first kappa shape index (κ1) is 13.9. The molecular formula is C13H15FN2O2S. The van der Waals surface area contributed by atoms with E-state index in [1.807, 2.05) is 0 Å². The van der Waals surface area contributed by atoms with Crippen molar-refractivity contribution in [3.63, 3.8) is 0 Å². The zero-order valence-corrected chi connectivity index (χ0v) is 11.1. The SMILES string of the molecule is NC(=S)c1cc(NC(=O)C2CCOCC2)ccc1F. The number of amides is 1. The molecule has 0 spiro atoms. The number of benzene rings is 1. The summed E-state index contributed by atoms with van der Waals surface area (Å²) in [6.45, 7) is 1.19. The second-order valence-electron chi connectivity index (χ2n) is 4.43. The highest BCUT2D eigenvalue weighted by Gasteiger charge is 2.21. The van der Waals surface area contributed by atoms with Gasteiger partial charge in [0, 0.05) is 30.4 Å². The van der Waals surface area contributed by atoms with Gasteiger partial charge in [0.05, 0.1) is 0 Å². The normalized spacial score (nSPS) is 16.1. The molecule has 0 aliphatic carbocycles. The molecule has 1 amide bonds. The summed E-state index contributed by atoms with van der Waals surface area (Å²) in [5.41, 5.74) is 6.06. The molecule has 1 aliphatic heterocycles. The maximum atomic E-state index is 13.4. The fraction of sp³-hybridized carbons (Fsp3) is 0.385. The lowest BCUT2D eigenvalue weighted by Crippen LogP contribution is -2.28. The molecule has 0 atom stereocenters. The smallest absolute Gasteiger partial charge is 0.227 e. The Bertz CT molecular complexity index is 501. The van der Waals surface area contributed by atoms with E-state index in [9.17, 15) is 9.18 Å². The maximum Gasteiger partial charge on any atom is 0.227 e. The van der Waals surface area contributed by atoms with E-state index in [1.165, 1.54) is 18.2 Å². The van der Waals surface area contributed by atoms with Gasteiger partial charge in [-0.05, 0) is 31.0 Å². The number of ether oxygens (including phenoxy) is 1. The minimum atomic E-state index is -0.489. The third-order valence-electron chi connectivity index (χ3n) is 3.09. The van der Waals surface area contributed by atoms with Crippen LogP contribution in [0.15, 0.2) is 18.2 Å². The molecule has 3 N–H and O–H groups in total. The van der Waals surface area contributed by atoms with Crippen LogP contribution in [0.25, 0.3) is 0 Å². The summed E-state index contributed by atoms with van der Waals surface area (Å²) in [7, 11) is 0. The first-order chi connectivity index (χ1) is 9.08. The van der Waals surface area contributed by atoms with Crippen molar-refractivity contribution >= 4 is 28.8 Å². The van der Waals surface area contributed by atoms with Gasteiger partial charge in [0.25, 0.3) is 0 Å². The van der Waals surface area contributed by atoms with Crippen molar-refractivity contribution in [2.24, 2.45) is 11.7 Å². The van der Waals surface area contributed by atoms with Gasteiger partial charge in [-0.1, -0.05) is 12.2 Å². The van der Waals surface area contributed by atoms with Gasteiger partial charge >= 0.3 is 0 Å². The molecule has 1 heterocycles. The number of nitrogens with one attached hydrogen (secondary N) is 1. The number of hydrogen-bond donors (Lipinski definition) is 2. The quantitative estimate of drug-likeness (QED) is 0.830. The Labute approximate surface area is 116 Å². The zero-order valence-electron chi connectivity index (χ0n) is 10.3. The van der Waals surface area contributed by atoms with Crippen LogP contribution >= 0.6 is 12.2 Å². The van der Waals surface area contributed by atoms with Crippen LogP contribution in [0.4, 0.5) is 10.1 Å². The van der Waals surface area contributed by atoms with Crippen molar-refractivity contribution in [3.8, 4) is 0 Å².